The third-order valence-corrected chi connectivity index (χ3v) is 2.84. The summed E-state index contributed by atoms with van der Waals surface area (Å²) in [6.07, 6.45) is 0. The Morgan fingerprint density at radius 1 is 1.29 bits per heavy atom. The van der Waals surface area contributed by atoms with E-state index in [0.29, 0.717) is 24.4 Å². The van der Waals surface area contributed by atoms with E-state index in [0.717, 1.165) is 5.69 Å². The van der Waals surface area contributed by atoms with Gasteiger partial charge in [-0.05, 0) is 20.8 Å². The molecule has 4 heteroatoms. The van der Waals surface area contributed by atoms with Crippen LogP contribution in [0, 0.1) is 6.92 Å². The minimum absolute atomic E-state index is 0.0127. The predicted molar refractivity (Wildman–Crippen MR) is 67.2 cm³/mol. The van der Waals surface area contributed by atoms with E-state index < -0.39 is 0 Å². The zero-order valence-electron chi connectivity index (χ0n) is 11.6. The first kappa shape index (κ1) is 13.7. The molecule has 1 heterocycles. The molecule has 0 unspecified atom stereocenters. The van der Waals surface area contributed by atoms with Crippen LogP contribution in [0.25, 0.3) is 0 Å². The lowest BCUT2D eigenvalue weighted by molar-refractivity contribution is 0.0769. The van der Waals surface area contributed by atoms with Gasteiger partial charge in [-0.2, -0.15) is 0 Å². The molecule has 0 radical (unpaired) electrons. The molecule has 1 rings (SSSR count). The van der Waals surface area contributed by atoms with Crippen LogP contribution in [0.3, 0.4) is 0 Å². The Labute approximate surface area is 103 Å². The molecule has 17 heavy (non-hydrogen) atoms. The average Bonchev–Trinajstić information content (AvgIpc) is 2.61. The average molecular weight is 238 g/mol. The number of aromatic nitrogens is 1. The molecule has 0 aliphatic heterocycles. The van der Waals surface area contributed by atoms with Crippen molar-refractivity contribution in [3.8, 4) is 0 Å². The number of aryl methyl sites for hydroxylation is 1. The number of carbonyl (C=O) groups is 1. The van der Waals surface area contributed by atoms with Crippen molar-refractivity contribution in [1.82, 2.24) is 10.1 Å². The summed E-state index contributed by atoms with van der Waals surface area (Å²) < 4.78 is 5.18. The molecule has 96 valence electrons. The number of hydrogen-bond donors (Lipinski definition) is 0. The predicted octanol–water partition coefficient (Wildman–Crippen LogP) is 2.76. The Hall–Kier alpha value is -1.32. The van der Waals surface area contributed by atoms with Crippen LogP contribution in [-0.2, 0) is 5.41 Å². The van der Waals surface area contributed by atoms with Gasteiger partial charge in [-0.25, -0.2) is 0 Å². The second-order valence-corrected chi connectivity index (χ2v) is 5.19. The number of carbonyl (C=O) groups excluding carboxylic acids is 1. The number of nitrogens with zero attached hydrogens (tertiary/aromatic N) is 2. The molecule has 0 fully saturated rings. The van der Waals surface area contributed by atoms with E-state index in [2.05, 4.69) is 5.16 Å². The second kappa shape index (κ2) is 4.90. The Morgan fingerprint density at radius 3 is 2.24 bits per heavy atom. The van der Waals surface area contributed by atoms with Crippen molar-refractivity contribution in [3.05, 3.63) is 17.0 Å². The molecule has 0 aromatic carbocycles. The quantitative estimate of drug-likeness (QED) is 0.813. The van der Waals surface area contributed by atoms with Crippen molar-refractivity contribution in [2.75, 3.05) is 13.1 Å². The maximum absolute atomic E-state index is 12.4. The van der Waals surface area contributed by atoms with Gasteiger partial charge in [0.05, 0.1) is 0 Å². The topological polar surface area (TPSA) is 46.3 Å². The molecule has 0 saturated heterocycles. The van der Waals surface area contributed by atoms with Gasteiger partial charge in [0.15, 0.2) is 0 Å². The van der Waals surface area contributed by atoms with Gasteiger partial charge >= 0.3 is 0 Å². The normalized spacial score (nSPS) is 11.6. The van der Waals surface area contributed by atoms with Crippen molar-refractivity contribution in [2.45, 2.75) is 47.0 Å². The Balaban J connectivity index is 3.21. The highest BCUT2D eigenvalue weighted by atomic mass is 16.5. The Morgan fingerprint density at radius 2 is 1.82 bits per heavy atom. The van der Waals surface area contributed by atoms with Crippen LogP contribution in [0.1, 0.15) is 56.4 Å². The molecular weight excluding hydrogens is 216 g/mol. The molecule has 1 aromatic rings. The zero-order chi connectivity index (χ0) is 13.2. The summed E-state index contributed by atoms with van der Waals surface area (Å²) in [4.78, 5) is 14.2. The van der Waals surface area contributed by atoms with Crippen molar-refractivity contribution < 1.29 is 9.32 Å². The first-order chi connectivity index (χ1) is 7.82. The minimum Gasteiger partial charge on any atom is -0.361 e. The van der Waals surface area contributed by atoms with Crippen LogP contribution >= 0.6 is 0 Å². The summed E-state index contributed by atoms with van der Waals surface area (Å²) in [5.41, 5.74) is 1.18. The van der Waals surface area contributed by atoms with Crippen LogP contribution in [0.15, 0.2) is 4.52 Å². The summed E-state index contributed by atoms with van der Waals surface area (Å²) in [5.74, 6) is 0.616. The molecule has 1 amide bonds. The summed E-state index contributed by atoms with van der Waals surface area (Å²) in [6, 6.07) is 0. The molecule has 0 aliphatic rings. The highest BCUT2D eigenvalue weighted by molar-refractivity contribution is 5.96. The van der Waals surface area contributed by atoms with Crippen molar-refractivity contribution in [3.63, 3.8) is 0 Å². The van der Waals surface area contributed by atoms with E-state index >= 15 is 0 Å². The Kier molecular flexibility index (Phi) is 3.96. The lowest BCUT2D eigenvalue weighted by atomic mass is 9.88. The number of rotatable bonds is 3. The largest absolute Gasteiger partial charge is 0.361 e. The van der Waals surface area contributed by atoms with Crippen LogP contribution in [0.4, 0.5) is 0 Å². The van der Waals surface area contributed by atoms with E-state index in [9.17, 15) is 4.79 Å². The SMILES string of the molecule is CCN(CC)C(=O)c1c(C(C)(C)C)noc1C. The van der Waals surface area contributed by atoms with Crippen LogP contribution < -0.4 is 0 Å². The van der Waals surface area contributed by atoms with Gasteiger partial charge in [0, 0.05) is 18.5 Å². The first-order valence-corrected chi connectivity index (χ1v) is 6.08. The summed E-state index contributed by atoms with van der Waals surface area (Å²) in [6.45, 7) is 13.2. The fraction of sp³-hybridized carbons (Fsp3) is 0.692. The van der Waals surface area contributed by atoms with E-state index in [1.165, 1.54) is 0 Å². The van der Waals surface area contributed by atoms with E-state index in [-0.39, 0.29) is 11.3 Å². The molecule has 0 spiro atoms. The maximum Gasteiger partial charge on any atom is 0.259 e. The van der Waals surface area contributed by atoms with Gasteiger partial charge in [0.2, 0.25) is 0 Å². The standard InChI is InChI=1S/C13H22N2O2/c1-7-15(8-2)12(16)10-9(3)17-14-11(10)13(4,5)6/h7-8H2,1-6H3. The zero-order valence-corrected chi connectivity index (χ0v) is 11.6. The van der Waals surface area contributed by atoms with Crippen LogP contribution in [0.2, 0.25) is 0 Å². The molecule has 0 saturated carbocycles. The van der Waals surface area contributed by atoms with Crippen LogP contribution in [0.5, 0.6) is 0 Å². The van der Waals surface area contributed by atoms with Gasteiger partial charge in [-0.1, -0.05) is 25.9 Å². The third-order valence-electron chi connectivity index (χ3n) is 2.84. The Bertz CT molecular complexity index is 398. The number of hydrogen-bond acceptors (Lipinski definition) is 3. The molecule has 0 N–H and O–H groups in total. The van der Waals surface area contributed by atoms with Crippen LogP contribution in [-0.4, -0.2) is 29.1 Å². The van der Waals surface area contributed by atoms with Gasteiger partial charge in [-0.3, -0.25) is 4.79 Å². The molecule has 4 nitrogen and oxygen atoms in total. The van der Waals surface area contributed by atoms with Gasteiger partial charge < -0.3 is 9.42 Å². The molecule has 0 bridgehead atoms. The minimum atomic E-state index is -0.185. The van der Waals surface area contributed by atoms with Gasteiger partial charge in [0.25, 0.3) is 5.91 Å². The number of amides is 1. The van der Waals surface area contributed by atoms with E-state index in [1.54, 1.807) is 11.8 Å². The first-order valence-electron chi connectivity index (χ1n) is 6.08. The molecule has 0 aliphatic carbocycles. The fourth-order valence-corrected chi connectivity index (χ4v) is 1.80. The highest BCUT2D eigenvalue weighted by Crippen LogP contribution is 2.27. The summed E-state index contributed by atoms with van der Waals surface area (Å²) >= 11 is 0. The maximum atomic E-state index is 12.4. The lowest BCUT2D eigenvalue weighted by Gasteiger charge is -2.21. The van der Waals surface area contributed by atoms with Crippen molar-refractivity contribution in [2.24, 2.45) is 0 Å². The summed E-state index contributed by atoms with van der Waals surface area (Å²) in [5, 5.41) is 4.04. The van der Waals surface area contributed by atoms with E-state index in [1.807, 2.05) is 34.6 Å². The fourth-order valence-electron chi connectivity index (χ4n) is 1.80. The summed E-state index contributed by atoms with van der Waals surface area (Å²) in [7, 11) is 0. The molecule has 0 atom stereocenters. The highest BCUT2D eigenvalue weighted by Gasteiger charge is 2.30. The van der Waals surface area contributed by atoms with Gasteiger partial charge in [-0.15, -0.1) is 0 Å². The lowest BCUT2D eigenvalue weighted by Crippen LogP contribution is -2.32. The van der Waals surface area contributed by atoms with E-state index in [4.69, 9.17) is 4.52 Å². The monoisotopic (exact) mass is 238 g/mol. The van der Waals surface area contributed by atoms with Crippen molar-refractivity contribution in [1.29, 1.82) is 0 Å². The van der Waals surface area contributed by atoms with Crippen molar-refractivity contribution >= 4 is 5.91 Å². The smallest absolute Gasteiger partial charge is 0.259 e. The molecule has 1 aromatic heterocycles. The van der Waals surface area contributed by atoms with Gasteiger partial charge in [0.1, 0.15) is 17.0 Å². The third kappa shape index (κ3) is 2.68. The molecular formula is C13H22N2O2. The second-order valence-electron chi connectivity index (χ2n) is 5.19.